The lowest BCUT2D eigenvalue weighted by Crippen LogP contribution is -2.13. The molecular formula is C8H4Cl2N4O2. The van der Waals surface area contributed by atoms with Gasteiger partial charge in [-0.15, -0.1) is 10.2 Å². The molecule has 0 spiro atoms. The summed E-state index contributed by atoms with van der Waals surface area (Å²) in [6.45, 7) is 0. The molecule has 1 N–H and O–H groups in total. The number of anilines is 1. The Balaban J connectivity index is 2.24. The number of hydrogen-bond acceptors (Lipinski definition) is 5. The molecule has 0 saturated carbocycles. The minimum Gasteiger partial charge on any atom is -0.363 e. The third-order valence-electron chi connectivity index (χ3n) is 1.65. The number of carbonyl (C=O) groups is 1. The van der Waals surface area contributed by atoms with Crippen LogP contribution in [0.1, 0.15) is 10.4 Å². The number of aromatic nitrogens is 3. The van der Waals surface area contributed by atoms with E-state index in [2.05, 4.69) is 25.2 Å². The second kappa shape index (κ2) is 4.46. The summed E-state index contributed by atoms with van der Waals surface area (Å²) in [5.74, 6) is -0.468. The highest BCUT2D eigenvalue weighted by Gasteiger charge is 2.13. The van der Waals surface area contributed by atoms with E-state index >= 15 is 0 Å². The molecule has 2 aromatic rings. The first-order chi connectivity index (χ1) is 7.66. The molecule has 0 aromatic carbocycles. The molecule has 8 heteroatoms. The van der Waals surface area contributed by atoms with Crippen molar-refractivity contribution in [1.82, 2.24) is 15.4 Å². The average molecular weight is 259 g/mol. The van der Waals surface area contributed by atoms with Crippen LogP contribution in [-0.2, 0) is 0 Å². The maximum absolute atomic E-state index is 11.7. The molecule has 0 saturated heterocycles. The van der Waals surface area contributed by atoms with Gasteiger partial charge < -0.3 is 9.84 Å². The Morgan fingerprint density at radius 3 is 2.88 bits per heavy atom. The molecule has 0 radical (unpaired) electrons. The largest absolute Gasteiger partial charge is 0.363 e. The molecule has 0 aliphatic rings. The topological polar surface area (TPSA) is 80.9 Å². The molecule has 0 fully saturated rings. The lowest BCUT2D eigenvalue weighted by molar-refractivity contribution is 0.102. The van der Waals surface area contributed by atoms with Crippen LogP contribution in [0, 0.1) is 0 Å². The summed E-state index contributed by atoms with van der Waals surface area (Å²) in [7, 11) is 0. The SMILES string of the molecule is O=C(Nc1cnoc1)c1cc(Cl)nnc1Cl. The van der Waals surface area contributed by atoms with Crippen LogP contribution in [0.2, 0.25) is 10.3 Å². The molecule has 2 aromatic heterocycles. The van der Waals surface area contributed by atoms with Crippen LogP contribution in [0.3, 0.4) is 0 Å². The molecule has 82 valence electrons. The molecule has 0 aliphatic carbocycles. The number of nitrogens with one attached hydrogen (secondary N) is 1. The number of halogens is 2. The van der Waals surface area contributed by atoms with Gasteiger partial charge in [0.2, 0.25) is 0 Å². The third-order valence-corrected chi connectivity index (χ3v) is 2.12. The van der Waals surface area contributed by atoms with Crippen molar-refractivity contribution in [3.8, 4) is 0 Å². The molecule has 6 nitrogen and oxygen atoms in total. The fourth-order valence-electron chi connectivity index (χ4n) is 0.977. The zero-order valence-electron chi connectivity index (χ0n) is 7.65. The van der Waals surface area contributed by atoms with Crippen molar-refractivity contribution < 1.29 is 9.32 Å². The summed E-state index contributed by atoms with van der Waals surface area (Å²) in [6, 6.07) is 1.32. The van der Waals surface area contributed by atoms with Gasteiger partial charge in [0.05, 0.1) is 11.8 Å². The first kappa shape index (κ1) is 10.8. The Kier molecular flexibility index (Phi) is 3.02. The summed E-state index contributed by atoms with van der Waals surface area (Å²) >= 11 is 11.3. The van der Waals surface area contributed by atoms with Crippen molar-refractivity contribution in [2.45, 2.75) is 0 Å². The van der Waals surface area contributed by atoms with Crippen molar-refractivity contribution in [2.24, 2.45) is 0 Å². The minimum absolute atomic E-state index is 0.0293. The van der Waals surface area contributed by atoms with Gasteiger partial charge in [0.25, 0.3) is 5.91 Å². The van der Waals surface area contributed by atoms with Gasteiger partial charge in [0, 0.05) is 0 Å². The van der Waals surface area contributed by atoms with Crippen LogP contribution < -0.4 is 5.32 Å². The maximum atomic E-state index is 11.7. The quantitative estimate of drug-likeness (QED) is 0.892. The van der Waals surface area contributed by atoms with Gasteiger partial charge in [0.1, 0.15) is 12.0 Å². The van der Waals surface area contributed by atoms with Gasteiger partial charge in [-0.25, -0.2) is 0 Å². The minimum atomic E-state index is -0.468. The molecular weight excluding hydrogens is 255 g/mol. The van der Waals surface area contributed by atoms with Crippen LogP contribution in [0.25, 0.3) is 0 Å². The molecule has 0 aliphatic heterocycles. The van der Waals surface area contributed by atoms with Crippen molar-refractivity contribution in [3.63, 3.8) is 0 Å². The van der Waals surface area contributed by atoms with E-state index in [0.29, 0.717) is 5.69 Å². The highest BCUT2D eigenvalue weighted by molar-refractivity contribution is 6.34. The van der Waals surface area contributed by atoms with Crippen LogP contribution >= 0.6 is 23.2 Å². The van der Waals surface area contributed by atoms with E-state index in [1.807, 2.05) is 0 Å². The van der Waals surface area contributed by atoms with Crippen LogP contribution in [-0.4, -0.2) is 21.3 Å². The van der Waals surface area contributed by atoms with E-state index in [4.69, 9.17) is 23.2 Å². The van der Waals surface area contributed by atoms with Gasteiger partial charge in [-0.1, -0.05) is 28.4 Å². The average Bonchev–Trinajstić information content (AvgIpc) is 2.74. The molecule has 2 heterocycles. The zero-order chi connectivity index (χ0) is 11.5. The zero-order valence-corrected chi connectivity index (χ0v) is 9.16. The highest BCUT2D eigenvalue weighted by Crippen LogP contribution is 2.17. The Labute approximate surface area is 99.5 Å². The van der Waals surface area contributed by atoms with Gasteiger partial charge >= 0.3 is 0 Å². The Morgan fingerprint density at radius 2 is 2.19 bits per heavy atom. The van der Waals surface area contributed by atoms with E-state index in [-0.39, 0.29) is 15.9 Å². The molecule has 0 unspecified atom stereocenters. The molecule has 2 rings (SSSR count). The second-order valence-corrected chi connectivity index (χ2v) is 3.48. The maximum Gasteiger partial charge on any atom is 0.259 e. The Hall–Kier alpha value is -1.66. The Morgan fingerprint density at radius 1 is 1.38 bits per heavy atom. The van der Waals surface area contributed by atoms with Crippen molar-refractivity contribution >= 4 is 34.8 Å². The predicted molar refractivity (Wildman–Crippen MR) is 56.5 cm³/mol. The summed E-state index contributed by atoms with van der Waals surface area (Å²) in [4.78, 5) is 11.7. The fraction of sp³-hybridized carbons (Fsp3) is 0. The summed E-state index contributed by atoms with van der Waals surface area (Å²) in [5.41, 5.74) is 0.539. The molecule has 0 atom stereocenters. The second-order valence-electron chi connectivity index (χ2n) is 2.74. The highest BCUT2D eigenvalue weighted by atomic mass is 35.5. The van der Waals surface area contributed by atoms with Crippen LogP contribution in [0.5, 0.6) is 0 Å². The van der Waals surface area contributed by atoms with E-state index in [1.165, 1.54) is 18.5 Å². The molecule has 16 heavy (non-hydrogen) atoms. The number of nitrogens with zero attached hydrogens (tertiary/aromatic N) is 3. The molecule has 0 bridgehead atoms. The number of carbonyl (C=O) groups excluding carboxylic acids is 1. The number of amides is 1. The normalized spacial score (nSPS) is 10.1. The molecule has 1 amide bonds. The van der Waals surface area contributed by atoms with Crippen molar-refractivity contribution in [3.05, 3.63) is 34.4 Å². The van der Waals surface area contributed by atoms with E-state index in [9.17, 15) is 4.79 Å². The van der Waals surface area contributed by atoms with Crippen molar-refractivity contribution in [2.75, 3.05) is 5.32 Å². The standard InChI is InChI=1S/C8H4Cl2N4O2/c9-6-1-5(7(10)14-13-6)8(15)12-4-2-11-16-3-4/h1-3H,(H,12,15). The van der Waals surface area contributed by atoms with Gasteiger partial charge in [0.15, 0.2) is 10.3 Å². The number of rotatable bonds is 2. The predicted octanol–water partition coefficient (Wildman–Crippen LogP) is 2.02. The first-order valence-corrected chi connectivity index (χ1v) is 4.82. The summed E-state index contributed by atoms with van der Waals surface area (Å²) in [6.07, 6.45) is 2.63. The van der Waals surface area contributed by atoms with Gasteiger partial charge in [-0.3, -0.25) is 4.79 Å². The summed E-state index contributed by atoms with van der Waals surface area (Å²) in [5, 5.41) is 13.0. The number of hydrogen-bond donors (Lipinski definition) is 1. The van der Waals surface area contributed by atoms with Gasteiger partial charge in [-0.2, -0.15) is 0 Å². The van der Waals surface area contributed by atoms with Crippen molar-refractivity contribution in [1.29, 1.82) is 0 Å². The summed E-state index contributed by atoms with van der Waals surface area (Å²) < 4.78 is 4.55. The lowest BCUT2D eigenvalue weighted by atomic mass is 10.3. The Bertz CT molecular complexity index is 515. The lowest BCUT2D eigenvalue weighted by Gasteiger charge is -2.02. The van der Waals surface area contributed by atoms with Crippen LogP contribution in [0.4, 0.5) is 5.69 Å². The monoisotopic (exact) mass is 258 g/mol. The van der Waals surface area contributed by atoms with E-state index in [1.54, 1.807) is 0 Å². The first-order valence-electron chi connectivity index (χ1n) is 4.06. The van der Waals surface area contributed by atoms with Crippen LogP contribution in [0.15, 0.2) is 23.0 Å². The smallest absolute Gasteiger partial charge is 0.259 e. The van der Waals surface area contributed by atoms with E-state index < -0.39 is 5.91 Å². The third kappa shape index (κ3) is 2.29. The van der Waals surface area contributed by atoms with Gasteiger partial charge in [-0.05, 0) is 6.07 Å². The fourth-order valence-corrected chi connectivity index (χ4v) is 1.30. The van der Waals surface area contributed by atoms with E-state index in [0.717, 1.165) is 0 Å².